The average Bonchev–Trinajstić information content (AvgIpc) is 2.37. The number of nitrogens with zero attached hydrogens (tertiary/aromatic N) is 3. The third kappa shape index (κ3) is 3.55. The fourth-order valence-corrected chi connectivity index (χ4v) is 2.13. The molecule has 1 aromatic heterocycles. The van der Waals surface area contributed by atoms with E-state index in [4.69, 9.17) is 21.1 Å². The second-order valence-electron chi connectivity index (χ2n) is 3.72. The second kappa shape index (κ2) is 5.59. The Morgan fingerprint density at radius 2 is 1.85 bits per heavy atom. The summed E-state index contributed by atoms with van der Waals surface area (Å²) in [6.45, 7) is 0. The Morgan fingerprint density at radius 3 is 2.50 bits per heavy atom. The monoisotopic (exact) mass is 315 g/mol. The van der Waals surface area contributed by atoms with Gasteiger partial charge < -0.3 is 9.47 Å². The van der Waals surface area contributed by atoms with E-state index < -0.39 is 9.84 Å². The third-order valence-electron chi connectivity index (χ3n) is 2.19. The smallest absolute Gasteiger partial charge is 0.329 e. The van der Waals surface area contributed by atoms with E-state index in [1.807, 2.05) is 0 Å². The van der Waals surface area contributed by atoms with Gasteiger partial charge in [-0.1, -0.05) is 6.07 Å². The number of methoxy groups -OCH3 is 1. The zero-order valence-electron chi connectivity index (χ0n) is 10.6. The molecule has 0 aliphatic heterocycles. The Hall–Kier alpha value is -1.93. The fraction of sp³-hybridized carbons (Fsp3) is 0.182. The Morgan fingerprint density at radius 1 is 1.15 bits per heavy atom. The number of ether oxygens (including phenoxy) is 2. The van der Waals surface area contributed by atoms with E-state index in [1.54, 1.807) is 12.1 Å². The van der Waals surface area contributed by atoms with E-state index >= 15 is 0 Å². The maximum atomic E-state index is 11.5. The van der Waals surface area contributed by atoms with Crippen LogP contribution in [-0.2, 0) is 9.84 Å². The van der Waals surface area contributed by atoms with Gasteiger partial charge in [-0.2, -0.15) is 9.97 Å². The van der Waals surface area contributed by atoms with Gasteiger partial charge in [-0.15, -0.1) is 4.98 Å². The first-order chi connectivity index (χ1) is 9.38. The molecule has 0 aliphatic rings. The van der Waals surface area contributed by atoms with Crippen LogP contribution in [0.3, 0.4) is 0 Å². The van der Waals surface area contributed by atoms with E-state index in [0.29, 0.717) is 0 Å². The first-order valence-corrected chi connectivity index (χ1v) is 7.59. The number of aromatic nitrogens is 3. The molecule has 20 heavy (non-hydrogen) atoms. The SMILES string of the molecule is COc1nc(Cl)nc(Oc2cccc(S(C)(=O)=O)c2)n1. The molecule has 0 amide bonds. The highest BCUT2D eigenvalue weighted by Gasteiger charge is 2.11. The van der Waals surface area contributed by atoms with Crippen molar-refractivity contribution < 1.29 is 17.9 Å². The molecule has 106 valence electrons. The highest BCUT2D eigenvalue weighted by atomic mass is 35.5. The summed E-state index contributed by atoms with van der Waals surface area (Å²) in [4.78, 5) is 11.4. The Bertz CT molecular complexity index is 736. The molecule has 0 spiro atoms. The van der Waals surface area contributed by atoms with Crippen LogP contribution in [0.1, 0.15) is 0 Å². The van der Waals surface area contributed by atoms with Crippen LogP contribution < -0.4 is 9.47 Å². The third-order valence-corrected chi connectivity index (χ3v) is 3.47. The van der Waals surface area contributed by atoms with Crippen LogP contribution >= 0.6 is 11.6 Å². The van der Waals surface area contributed by atoms with Gasteiger partial charge in [-0.3, -0.25) is 0 Å². The molecule has 0 fully saturated rings. The molecule has 0 radical (unpaired) electrons. The van der Waals surface area contributed by atoms with Crippen LogP contribution in [-0.4, -0.2) is 36.7 Å². The molecule has 0 saturated heterocycles. The molecule has 0 bridgehead atoms. The predicted octanol–water partition coefficient (Wildman–Crippen LogP) is 1.73. The molecule has 0 saturated carbocycles. The van der Waals surface area contributed by atoms with Crippen molar-refractivity contribution in [2.45, 2.75) is 4.90 Å². The van der Waals surface area contributed by atoms with Crippen molar-refractivity contribution in [3.05, 3.63) is 29.5 Å². The Kier molecular flexibility index (Phi) is 4.05. The molecule has 7 nitrogen and oxygen atoms in total. The summed E-state index contributed by atoms with van der Waals surface area (Å²) in [5, 5.41) is -0.0916. The predicted molar refractivity (Wildman–Crippen MR) is 71.0 cm³/mol. The van der Waals surface area contributed by atoms with Crippen molar-refractivity contribution in [2.75, 3.05) is 13.4 Å². The van der Waals surface area contributed by atoms with E-state index in [1.165, 1.54) is 19.2 Å². The number of benzene rings is 1. The molecule has 9 heteroatoms. The van der Waals surface area contributed by atoms with Crippen molar-refractivity contribution in [1.82, 2.24) is 15.0 Å². The average molecular weight is 316 g/mol. The molecule has 0 atom stereocenters. The van der Waals surface area contributed by atoms with Crippen LogP contribution in [0, 0.1) is 0 Å². The summed E-state index contributed by atoms with van der Waals surface area (Å²) in [7, 11) is -1.95. The quantitative estimate of drug-likeness (QED) is 0.848. The van der Waals surface area contributed by atoms with Gasteiger partial charge in [0.25, 0.3) is 0 Å². The van der Waals surface area contributed by atoms with Gasteiger partial charge in [-0.25, -0.2) is 8.42 Å². The number of rotatable bonds is 4. The number of halogens is 1. The van der Waals surface area contributed by atoms with E-state index in [2.05, 4.69) is 15.0 Å². The standard InChI is InChI=1S/C11H10ClN3O4S/c1-18-10-13-9(12)14-11(15-10)19-7-4-3-5-8(6-7)20(2,16)17/h3-6H,1-2H3. The topological polar surface area (TPSA) is 91.3 Å². The van der Waals surface area contributed by atoms with Crippen molar-refractivity contribution in [3.63, 3.8) is 0 Å². The van der Waals surface area contributed by atoms with Gasteiger partial charge in [0.2, 0.25) is 5.28 Å². The van der Waals surface area contributed by atoms with Gasteiger partial charge in [0.1, 0.15) is 5.75 Å². The van der Waals surface area contributed by atoms with Crippen molar-refractivity contribution in [3.8, 4) is 17.8 Å². The minimum atomic E-state index is -3.32. The van der Waals surface area contributed by atoms with Gasteiger partial charge in [0.05, 0.1) is 12.0 Å². The largest absolute Gasteiger partial charge is 0.467 e. The zero-order chi connectivity index (χ0) is 14.8. The maximum absolute atomic E-state index is 11.5. The van der Waals surface area contributed by atoms with Gasteiger partial charge in [0.15, 0.2) is 9.84 Å². The lowest BCUT2D eigenvalue weighted by Crippen LogP contribution is -2.00. The van der Waals surface area contributed by atoms with Crippen LogP contribution in [0.15, 0.2) is 29.2 Å². The number of hydrogen-bond donors (Lipinski definition) is 0. The van der Waals surface area contributed by atoms with E-state index in [0.717, 1.165) is 6.26 Å². The lowest BCUT2D eigenvalue weighted by atomic mass is 10.3. The summed E-state index contributed by atoms with van der Waals surface area (Å²) >= 11 is 5.68. The van der Waals surface area contributed by atoms with Crippen molar-refractivity contribution in [2.24, 2.45) is 0 Å². The number of sulfone groups is 1. The van der Waals surface area contributed by atoms with Gasteiger partial charge in [-0.05, 0) is 29.8 Å². The van der Waals surface area contributed by atoms with Gasteiger partial charge in [0, 0.05) is 6.26 Å². The molecule has 1 heterocycles. The second-order valence-corrected chi connectivity index (χ2v) is 6.08. The van der Waals surface area contributed by atoms with Crippen LogP contribution in [0.2, 0.25) is 5.28 Å². The zero-order valence-corrected chi connectivity index (χ0v) is 12.1. The van der Waals surface area contributed by atoms with Gasteiger partial charge >= 0.3 is 12.0 Å². The maximum Gasteiger partial charge on any atom is 0.329 e. The molecule has 0 aliphatic carbocycles. The summed E-state index contributed by atoms with van der Waals surface area (Å²) in [5.74, 6) is 0.261. The first kappa shape index (κ1) is 14.5. The van der Waals surface area contributed by atoms with Crippen LogP contribution in [0.5, 0.6) is 17.8 Å². The molecule has 0 N–H and O–H groups in total. The summed E-state index contributed by atoms with van der Waals surface area (Å²) in [6.07, 6.45) is 1.11. The molecule has 2 aromatic rings. The lowest BCUT2D eigenvalue weighted by molar-refractivity contribution is 0.359. The highest BCUT2D eigenvalue weighted by Crippen LogP contribution is 2.23. The van der Waals surface area contributed by atoms with E-state index in [9.17, 15) is 8.42 Å². The van der Waals surface area contributed by atoms with Crippen molar-refractivity contribution >= 4 is 21.4 Å². The molecule has 2 rings (SSSR count). The lowest BCUT2D eigenvalue weighted by Gasteiger charge is -2.06. The minimum absolute atomic E-state index is 0.000678. The summed E-state index contributed by atoms with van der Waals surface area (Å²) in [5.41, 5.74) is 0. The molecular formula is C11H10ClN3O4S. The molecule has 1 aromatic carbocycles. The summed E-state index contributed by atoms with van der Waals surface area (Å²) in [6, 6.07) is 5.85. The normalized spacial score (nSPS) is 11.2. The summed E-state index contributed by atoms with van der Waals surface area (Å²) < 4.78 is 33.1. The first-order valence-electron chi connectivity index (χ1n) is 5.32. The Labute approximate surface area is 120 Å². The fourth-order valence-electron chi connectivity index (χ4n) is 1.33. The Balaban J connectivity index is 2.33. The molecule has 0 unspecified atom stereocenters. The van der Waals surface area contributed by atoms with E-state index in [-0.39, 0.29) is 27.9 Å². The highest BCUT2D eigenvalue weighted by molar-refractivity contribution is 7.90. The number of hydrogen-bond acceptors (Lipinski definition) is 7. The molecular weight excluding hydrogens is 306 g/mol. The van der Waals surface area contributed by atoms with Crippen molar-refractivity contribution in [1.29, 1.82) is 0 Å². The minimum Gasteiger partial charge on any atom is -0.467 e. The van der Waals surface area contributed by atoms with Crippen LogP contribution in [0.25, 0.3) is 0 Å². The van der Waals surface area contributed by atoms with Crippen LogP contribution in [0.4, 0.5) is 0 Å².